The number of hydrogen-bond acceptors (Lipinski definition) is 5. The summed E-state index contributed by atoms with van der Waals surface area (Å²) >= 11 is 0. The van der Waals surface area contributed by atoms with E-state index in [1.807, 2.05) is 0 Å². The third kappa shape index (κ3) is 2.82. The van der Waals surface area contributed by atoms with Crippen molar-refractivity contribution in [3.8, 4) is 5.75 Å². The van der Waals surface area contributed by atoms with Gasteiger partial charge in [0.25, 0.3) is 5.91 Å². The molecule has 1 heterocycles. The molecule has 0 unspecified atom stereocenters. The highest BCUT2D eigenvalue weighted by molar-refractivity contribution is 6.08. The summed E-state index contributed by atoms with van der Waals surface area (Å²) < 4.78 is 5.09. The van der Waals surface area contributed by atoms with Crippen LogP contribution in [0.4, 0.5) is 0 Å². The topological polar surface area (TPSA) is 87.1 Å². The Morgan fingerprint density at radius 3 is 2.41 bits per heavy atom. The van der Waals surface area contributed by atoms with Crippen LogP contribution in [0.5, 0.6) is 5.75 Å². The predicted molar refractivity (Wildman–Crippen MR) is 79.5 cm³/mol. The molecule has 0 bridgehead atoms. The number of carbonyl (C=O) groups excluding carboxylic acids is 2. The van der Waals surface area contributed by atoms with Gasteiger partial charge in [-0.2, -0.15) is 0 Å². The highest BCUT2D eigenvalue weighted by Crippen LogP contribution is 2.38. The van der Waals surface area contributed by atoms with Gasteiger partial charge < -0.3 is 19.8 Å². The molecule has 2 N–H and O–H groups in total. The normalized spacial score (nSPS) is 19.5. The molecule has 1 aliphatic heterocycles. The fraction of sp³-hybridized carbons (Fsp3) is 0.375. The van der Waals surface area contributed by atoms with Crippen molar-refractivity contribution in [3.05, 3.63) is 41.2 Å². The molecule has 6 heteroatoms. The molecule has 2 rings (SSSR count). The molecule has 22 heavy (non-hydrogen) atoms. The molecule has 118 valence electrons. The van der Waals surface area contributed by atoms with Crippen molar-refractivity contribution < 1.29 is 24.5 Å². The molecule has 1 aromatic rings. The maximum Gasteiger partial charge on any atom is 0.290 e. The van der Waals surface area contributed by atoms with E-state index in [0.717, 1.165) is 0 Å². The number of Topliss-reactive ketones (excluding diaryl/α,β-unsaturated/α-hetero) is 1. The number of rotatable bonds is 5. The maximum atomic E-state index is 12.2. The molecule has 0 spiro atoms. The van der Waals surface area contributed by atoms with E-state index in [4.69, 9.17) is 4.74 Å². The molecule has 0 aliphatic carbocycles. The highest BCUT2D eigenvalue weighted by atomic mass is 16.5. The number of aliphatic hydroxyl groups is 2. The van der Waals surface area contributed by atoms with Crippen molar-refractivity contribution in [1.82, 2.24) is 4.90 Å². The van der Waals surface area contributed by atoms with Crippen LogP contribution in [0.2, 0.25) is 0 Å². The van der Waals surface area contributed by atoms with Gasteiger partial charge in [0.05, 0.1) is 24.8 Å². The van der Waals surface area contributed by atoms with Gasteiger partial charge in [0.1, 0.15) is 5.75 Å². The molecule has 0 fully saturated rings. The van der Waals surface area contributed by atoms with Crippen LogP contribution in [0.15, 0.2) is 35.6 Å². The van der Waals surface area contributed by atoms with Gasteiger partial charge in [0, 0.05) is 6.54 Å². The Bertz CT molecular complexity index is 618. The third-order valence-electron chi connectivity index (χ3n) is 3.58. The molecule has 0 aromatic heterocycles. The molecule has 2 atom stereocenters. The predicted octanol–water partition coefficient (Wildman–Crippen LogP) is 1.36. The van der Waals surface area contributed by atoms with Crippen molar-refractivity contribution in [1.29, 1.82) is 0 Å². The van der Waals surface area contributed by atoms with E-state index in [9.17, 15) is 19.8 Å². The zero-order valence-electron chi connectivity index (χ0n) is 12.7. The fourth-order valence-corrected chi connectivity index (χ4v) is 2.62. The quantitative estimate of drug-likeness (QED) is 0.857. The number of ether oxygens (including phenoxy) is 1. The average molecular weight is 305 g/mol. The first-order valence-electron chi connectivity index (χ1n) is 6.93. The van der Waals surface area contributed by atoms with Gasteiger partial charge in [-0.05, 0) is 31.5 Å². The molecular formula is C16H19NO5. The van der Waals surface area contributed by atoms with E-state index in [1.54, 1.807) is 38.3 Å². The van der Waals surface area contributed by atoms with Gasteiger partial charge in [-0.3, -0.25) is 9.59 Å². The SMILES string of the molecule is COc1ccc([C@H]2C(C(C)=O)=C(O)C(=O)N2C[C@H](C)O)cc1. The van der Waals surface area contributed by atoms with Gasteiger partial charge in [-0.1, -0.05) is 12.1 Å². The zero-order chi connectivity index (χ0) is 16.4. The summed E-state index contributed by atoms with van der Waals surface area (Å²) in [4.78, 5) is 25.4. The molecule has 0 saturated heterocycles. The molecule has 1 aliphatic rings. The van der Waals surface area contributed by atoms with E-state index in [-0.39, 0.29) is 17.9 Å². The number of β-amino-alcohol motifs (C(OH)–C–C–N with tert-alkyl or cyclic N) is 1. The lowest BCUT2D eigenvalue weighted by molar-refractivity contribution is -0.130. The lowest BCUT2D eigenvalue weighted by Gasteiger charge is -2.27. The highest BCUT2D eigenvalue weighted by Gasteiger charge is 2.42. The smallest absolute Gasteiger partial charge is 0.290 e. The molecule has 1 aromatic carbocycles. The molecular weight excluding hydrogens is 286 g/mol. The Hall–Kier alpha value is -2.34. The van der Waals surface area contributed by atoms with Gasteiger partial charge in [-0.15, -0.1) is 0 Å². The number of aliphatic hydroxyl groups excluding tert-OH is 2. The van der Waals surface area contributed by atoms with Crippen LogP contribution < -0.4 is 4.74 Å². The Morgan fingerprint density at radius 1 is 1.36 bits per heavy atom. The number of amides is 1. The minimum atomic E-state index is -0.774. The first-order chi connectivity index (χ1) is 10.4. The molecule has 6 nitrogen and oxygen atoms in total. The number of nitrogens with zero attached hydrogens (tertiary/aromatic N) is 1. The first kappa shape index (κ1) is 16.0. The number of methoxy groups -OCH3 is 1. The van der Waals surface area contributed by atoms with Crippen LogP contribution >= 0.6 is 0 Å². The van der Waals surface area contributed by atoms with Crippen LogP contribution in [-0.2, 0) is 9.59 Å². The number of carbonyl (C=O) groups is 2. The molecule has 0 saturated carbocycles. The Balaban J connectivity index is 2.48. The van der Waals surface area contributed by atoms with Crippen molar-refractivity contribution in [2.24, 2.45) is 0 Å². The summed E-state index contributed by atoms with van der Waals surface area (Å²) in [5.41, 5.74) is 0.722. The van der Waals surface area contributed by atoms with Gasteiger partial charge >= 0.3 is 0 Å². The average Bonchev–Trinajstić information content (AvgIpc) is 2.72. The summed E-state index contributed by atoms with van der Waals surface area (Å²) in [6.45, 7) is 2.87. The lowest BCUT2D eigenvalue weighted by Crippen LogP contribution is -2.36. The van der Waals surface area contributed by atoms with Crippen molar-refractivity contribution in [2.45, 2.75) is 26.0 Å². The number of benzene rings is 1. The van der Waals surface area contributed by atoms with Crippen molar-refractivity contribution >= 4 is 11.7 Å². The van der Waals surface area contributed by atoms with E-state index < -0.39 is 23.8 Å². The number of ketones is 1. The van der Waals surface area contributed by atoms with Gasteiger partial charge in [-0.25, -0.2) is 0 Å². The minimum Gasteiger partial charge on any atom is -0.503 e. The van der Waals surface area contributed by atoms with Crippen LogP contribution in [0.3, 0.4) is 0 Å². The van der Waals surface area contributed by atoms with Gasteiger partial charge in [0.15, 0.2) is 11.5 Å². The second kappa shape index (κ2) is 6.19. The van der Waals surface area contributed by atoms with Crippen molar-refractivity contribution in [3.63, 3.8) is 0 Å². The summed E-state index contributed by atoms with van der Waals surface area (Å²) in [7, 11) is 1.54. The standard InChI is InChI=1S/C16H19NO5/c1-9(18)8-17-14(11-4-6-12(22-3)7-5-11)13(10(2)19)15(20)16(17)21/h4-7,9,14,18,20H,8H2,1-3H3/t9-,14-/m0/s1. The Labute approximate surface area is 128 Å². The van der Waals surface area contributed by atoms with Crippen LogP contribution in [0.25, 0.3) is 0 Å². The first-order valence-corrected chi connectivity index (χ1v) is 6.93. The number of hydrogen-bond donors (Lipinski definition) is 2. The van der Waals surface area contributed by atoms with E-state index >= 15 is 0 Å². The maximum absolute atomic E-state index is 12.2. The third-order valence-corrected chi connectivity index (χ3v) is 3.58. The summed E-state index contributed by atoms with van der Waals surface area (Å²) in [5.74, 6) is -0.923. The van der Waals surface area contributed by atoms with Crippen LogP contribution in [0.1, 0.15) is 25.5 Å². The van der Waals surface area contributed by atoms with Gasteiger partial charge in [0.2, 0.25) is 0 Å². The summed E-state index contributed by atoms with van der Waals surface area (Å²) in [6, 6.07) is 6.19. The lowest BCUT2D eigenvalue weighted by atomic mass is 9.96. The fourth-order valence-electron chi connectivity index (χ4n) is 2.62. The Morgan fingerprint density at radius 2 is 1.95 bits per heavy atom. The van der Waals surface area contributed by atoms with E-state index in [0.29, 0.717) is 11.3 Å². The van der Waals surface area contributed by atoms with Crippen LogP contribution in [-0.4, -0.2) is 46.6 Å². The van der Waals surface area contributed by atoms with Crippen LogP contribution in [0, 0.1) is 0 Å². The Kier molecular flexibility index (Phi) is 4.51. The monoisotopic (exact) mass is 305 g/mol. The zero-order valence-corrected chi connectivity index (χ0v) is 12.7. The summed E-state index contributed by atoms with van der Waals surface area (Å²) in [5, 5.41) is 19.6. The second-order valence-electron chi connectivity index (χ2n) is 5.30. The van der Waals surface area contributed by atoms with E-state index in [1.165, 1.54) is 11.8 Å². The molecule has 0 radical (unpaired) electrons. The minimum absolute atomic E-state index is 0.0242. The second-order valence-corrected chi connectivity index (χ2v) is 5.30. The van der Waals surface area contributed by atoms with Crippen molar-refractivity contribution in [2.75, 3.05) is 13.7 Å². The largest absolute Gasteiger partial charge is 0.503 e. The van der Waals surface area contributed by atoms with E-state index in [2.05, 4.69) is 0 Å². The summed E-state index contributed by atoms with van der Waals surface area (Å²) in [6.07, 6.45) is -0.774. The molecule has 1 amide bonds.